The zero-order chi connectivity index (χ0) is 9.30. The second-order valence-corrected chi connectivity index (χ2v) is 2.82. The Morgan fingerprint density at radius 2 is 2.08 bits per heavy atom. The summed E-state index contributed by atoms with van der Waals surface area (Å²) in [5.41, 5.74) is 4.39. The molecule has 12 heavy (non-hydrogen) atoms. The van der Waals surface area contributed by atoms with Crippen LogP contribution in [-0.4, -0.2) is 4.98 Å². The van der Waals surface area contributed by atoms with Crippen LogP contribution in [0.1, 0.15) is 12.1 Å². The van der Waals surface area contributed by atoms with E-state index in [1.54, 1.807) is 0 Å². The van der Waals surface area contributed by atoms with E-state index in [9.17, 15) is 13.2 Å². The quantitative estimate of drug-likeness (QED) is 0.820. The number of halogens is 4. The van der Waals surface area contributed by atoms with Gasteiger partial charge in [-0.2, -0.15) is 0 Å². The van der Waals surface area contributed by atoms with Gasteiger partial charge in [-0.25, -0.2) is 18.2 Å². The van der Waals surface area contributed by atoms with Crippen molar-refractivity contribution >= 4 is 21.7 Å². The van der Waals surface area contributed by atoms with Crippen LogP contribution in [0, 0.1) is 5.82 Å². The monoisotopic (exact) mass is 240 g/mol. The van der Waals surface area contributed by atoms with Gasteiger partial charge in [0.25, 0.3) is 6.43 Å². The highest BCUT2D eigenvalue weighted by atomic mass is 79.9. The van der Waals surface area contributed by atoms with Gasteiger partial charge < -0.3 is 5.73 Å². The lowest BCUT2D eigenvalue weighted by molar-refractivity contribution is 0.144. The van der Waals surface area contributed by atoms with Gasteiger partial charge in [0.05, 0.1) is 4.47 Å². The molecule has 0 radical (unpaired) electrons. The first-order valence-electron chi connectivity index (χ1n) is 2.92. The fraction of sp³-hybridized carbons (Fsp3) is 0.167. The van der Waals surface area contributed by atoms with Gasteiger partial charge in [-0.1, -0.05) is 0 Å². The van der Waals surface area contributed by atoms with Crippen LogP contribution in [0.2, 0.25) is 0 Å². The normalized spacial score (nSPS) is 10.8. The highest BCUT2D eigenvalue weighted by molar-refractivity contribution is 9.10. The molecule has 66 valence electrons. The standard InChI is InChI=1S/C6H4BrF3N2/c7-4-2(8)1-3(11)12-5(4)6(9)10/h1,6H,(H2,11,12). The van der Waals surface area contributed by atoms with E-state index in [-0.39, 0.29) is 10.3 Å². The fourth-order valence-electron chi connectivity index (χ4n) is 0.681. The second-order valence-electron chi connectivity index (χ2n) is 2.03. The minimum atomic E-state index is -2.84. The number of anilines is 1. The maximum atomic E-state index is 12.7. The average molecular weight is 241 g/mol. The molecule has 0 bridgehead atoms. The Kier molecular flexibility index (Phi) is 2.56. The van der Waals surface area contributed by atoms with Gasteiger partial charge >= 0.3 is 0 Å². The number of rotatable bonds is 1. The molecule has 0 saturated heterocycles. The Morgan fingerprint density at radius 3 is 2.58 bits per heavy atom. The summed E-state index contributed by atoms with van der Waals surface area (Å²) in [6.45, 7) is 0. The van der Waals surface area contributed by atoms with Crippen molar-refractivity contribution in [1.82, 2.24) is 4.98 Å². The fourth-order valence-corrected chi connectivity index (χ4v) is 1.06. The van der Waals surface area contributed by atoms with Gasteiger partial charge in [-0.15, -0.1) is 0 Å². The van der Waals surface area contributed by atoms with E-state index in [1.165, 1.54) is 0 Å². The van der Waals surface area contributed by atoms with Crippen LogP contribution in [0.5, 0.6) is 0 Å². The summed E-state index contributed by atoms with van der Waals surface area (Å²) in [5, 5.41) is 0. The van der Waals surface area contributed by atoms with Crippen LogP contribution < -0.4 is 5.73 Å². The SMILES string of the molecule is Nc1cc(F)c(Br)c(C(F)F)n1. The van der Waals surface area contributed by atoms with Crippen LogP contribution in [0.3, 0.4) is 0 Å². The van der Waals surface area contributed by atoms with Gasteiger partial charge in [0.1, 0.15) is 17.3 Å². The third kappa shape index (κ3) is 1.69. The average Bonchev–Trinajstić information content (AvgIpc) is 1.96. The number of pyridine rings is 1. The first kappa shape index (κ1) is 9.31. The molecule has 0 fully saturated rings. The van der Waals surface area contributed by atoms with Crippen LogP contribution in [0.25, 0.3) is 0 Å². The van der Waals surface area contributed by atoms with Crippen LogP contribution in [0.4, 0.5) is 19.0 Å². The van der Waals surface area contributed by atoms with Crippen molar-refractivity contribution in [2.45, 2.75) is 6.43 Å². The number of alkyl halides is 2. The van der Waals surface area contributed by atoms with Crippen molar-refractivity contribution in [1.29, 1.82) is 0 Å². The molecule has 0 spiro atoms. The summed E-state index contributed by atoms with van der Waals surface area (Å²) < 4.78 is 36.5. The summed E-state index contributed by atoms with van der Waals surface area (Å²) >= 11 is 2.64. The molecule has 6 heteroatoms. The summed E-state index contributed by atoms with van der Waals surface area (Å²) in [6, 6.07) is 0.871. The minimum absolute atomic E-state index is 0.258. The number of hydrogen-bond donors (Lipinski definition) is 1. The zero-order valence-corrected chi connectivity index (χ0v) is 7.28. The van der Waals surface area contributed by atoms with E-state index in [0.717, 1.165) is 6.07 Å². The maximum Gasteiger partial charge on any atom is 0.281 e. The molecule has 1 heterocycles. The number of aromatic nitrogens is 1. The summed E-state index contributed by atoms with van der Waals surface area (Å²) in [5.74, 6) is -1.09. The minimum Gasteiger partial charge on any atom is -0.384 e. The topological polar surface area (TPSA) is 38.9 Å². The van der Waals surface area contributed by atoms with Crippen molar-refractivity contribution in [2.75, 3.05) is 5.73 Å². The van der Waals surface area contributed by atoms with Crippen molar-refractivity contribution < 1.29 is 13.2 Å². The third-order valence-electron chi connectivity index (χ3n) is 1.17. The molecule has 1 aromatic rings. The Labute approximate surface area is 74.7 Å². The molecule has 0 atom stereocenters. The van der Waals surface area contributed by atoms with Crippen molar-refractivity contribution in [3.63, 3.8) is 0 Å². The van der Waals surface area contributed by atoms with Crippen molar-refractivity contribution in [3.8, 4) is 0 Å². The first-order chi connectivity index (χ1) is 5.52. The third-order valence-corrected chi connectivity index (χ3v) is 1.95. The summed E-state index contributed by atoms with van der Waals surface area (Å²) in [6.07, 6.45) is -2.84. The highest BCUT2D eigenvalue weighted by Crippen LogP contribution is 2.28. The molecule has 0 aromatic carbocycles. The largest absolute Gasteiger partial charge is 0.384 e. The highest BCUT2D eigenvalue weighted by Gasteiger charge is 2.17. The Hall–Kier alpha value is -0.780. The van der Waals surface area contributed by atoms with E-state index in [2.05, 4.69) is 20.9 Å². The molecule has 1 rings (SSSR count). The number of nitrogen functional groups attached to an aromatic ring is 1. The predicted molar refractivity (Wildman–Crippen MR) is 41.3 cm³/mol. The van der Waals surface area contributed by atoms with Gasteiger partial charge in [0.2, 0.25) is 0 Å². The second kappa shape index (κ2) is 3.30. The van der Waals surface area contributed by atoms with Crippen molar-refractivity contribution in [2.24, 2.45) is 0 Å². The molecule has 1 aromatic heterocycles. The number of hydrogen-bond acceptors (Lipinski definition) is 2. The Bertz CT molecular complexity index is 303. The lowest BCUT2D eigenvalue weighted by atomic mass is 10.3. The maximum absolute atomic E-state index is 12.7. The van der Waals surface area contributed by atoms with Crippen molar-refractivity contribution in [3.05, 3.63) is 22.1 Å². The summed E-state index contributed by atoms with van der Waals surface area (Å²) in [4.78, 5) is 3.27. The number of nitrogens with two attached hydrogens (primary N) is 1. The van der Waals surface area contributed by atoms with E-state index < -0.39 is 17.9 Å². The van der Waals surface area contributed by atoms with E-state index in [0.29, 0.717) is 0 Å². The smallest absolute Gasteiger partial charge is 0.281 e. The molecule has 0 aliphatic rings. The van der Waals surface area contributed by atoms with Gasteiger partial charge in [-0.05, 0) is 15.9 Å². The lowest BCUT2D eigenvalue weighted by Crippen LogP contribution is -1.99. The number of nitrogens with zero attached hydrogens (tertiary/aromatic N) is 1. The van der Waals surface area contributed by atoms with Crippen LogP contribution in [0.15, 0.2) is 10.5 Å². The molecule has 2 N–H and O–H groups in total. The van der Waals surface area contributed by atoms with Gasteiger partial charge in [-0.3, -0.25) is 0 Å². The van der Waals surface area contributed by atoms with E-state index in [1.807, 2.05) is 0 Å². The van der Waals surface area contributed by atoms with Crippen LogP contribution >= 0.6 is 15.9 Å². The zero-order valence-electron chi connectivity index (χ0n) is 5.69. The summed E-state index contributed by atoms with van der Waals surface area (Å²) in [7, 11) is 0. The molecular weight excluding hydrogens is 237 g/mol. The molecule has 0 aliphatic carbocycles. The van der Waals surface area contributed by atoms with Gasteiger partial charge in [0, 0.05) is 6.07 Å². The van der Waals surface area contributed by atoms with Crippen LogP contribution in [-0.2, 0) is 0 Å². The Balaban J connectivity index is 3.28. The first-order valence-corrected chi connectivity index (χ1v) is 3.71. The lowest BCUT2D eigenvalue weighted by Gasteiger charge is -2.03. The molecule has 0 saturated carbocycles. The molecule has 0 aliphatic heterocycles. The van der Waals surface area contributed by atoms with Gasteiger partial charge in [0.15, 0.2) is 0 Å². The molecule has 0 amide bonds. The molecular formula is C6H4BrF3N2. The molecule has 0 unspecified atom stereocenters. The predicted octanol–water partition coefficient (Wildman–Crippen LogP) is 2.50. The Morgan fingerprint density at radius 1 is 1.50 bits per heavy atom. The van der Waals surface area contributed by atoms with E-state index in [4.69, 9.17) is 5.73 Å². The molecule has 2 nitrogen and oxygen atoms in total. The van der Waals surface area contributed by atoms with E-state index >= 15 is 0 Å².